The highest BCUT2D eigenvalue weighted by Crippen LogP contribution is 2.28. The quantitative estimate of drug-likeness (QED) is 0.856. The maximum absolute atomic E-state index is 5.65. The van der Waals surface area contributed by atoms with Gasteiger partial charge in [-0.1, -0.05) is 12.1 Å². The highest BCUT2D eigenvalue weighted by atomic mass is 15.1. The summed E-state index contributed by atoms with van der Waals surface area (Å²) in [5.41, 5.74) is 9.11. The van der Waals surface area contributed by atoms with Gasteiger partial charge in [0.05, 0.1) is 11.2 Å². The predicted molar refractivity (Wildman–Crippen MR) is 71.1 cm³/mol. The number of hydrogen-bond donors (Lipinski definition) is 1. The molecule has 2 aromatic rings. The van der Waals surface area contributed by atoms with Gasteiger partial charge in [-0.2, -0.15) is 0 Å². The molecule has 0 saturated carbocycles. The Kier molecular flexibility index (Phi) is 2.69. The second-order valence-corrected chi connectivity index (χ2v) is 4.59. The Morgan fingerprint density at radius 1 is 1.24 bits per heavy atom. The highest BCUT2D eigenvalue weighted by molar-refractivity contribution is 5.91. The molecule has 0 amide bonds. The number of fused-ring (bicyclic) bond motifs is 1. The van der Waals surface area contributed by atoms with Crippen LogP contribution in [0.2, 0.25) is 0 Å². The average molecular weight is 227 g/mol. The van der Waals surface area contributed by atoms with Gasteiger partial charge in [0.2, 0.25) is 0 Å². The topological polar surface area (TPSA) is 42.1 Å². The molecule has 1 aliphatic heterocycles. The van der Waals surface area contributed by atoms with Crippen LogP contribution in [0.5, 0.6) is 0 Å². The first kappa shape index (κ1) is 10.5. The number of pyridine rings is 1. The molecule has 3 nitrogen and oxygen atoms in total. The van der Waals surface area contributed by atoms with Gasteiger partial charge in [0.15, 0.2) is 0 Å². The van der Waals surface area contributed by atoms with Crippen LogP contribution < -0.4 is 10.6 Å². The molecular weight excluding hydrogens is 210 g/mol. The molecule has 1 aromatic carbocycles. The van der Waals surface area contributed by atoms with Crippen LogP contribution in [-0.4, -0.2) is 18.1 Å². The van der Waals surface area contributed by atoms with Crippen LogP contribution >= 0.6 is 0 Å². The molecule has 88 valence electrons. The molecule has 2 heterocycles. The Hall–Kier alpha value is -1.61. The van der Waals surface area contributed by atoms with Crippen LogP contribution in [-0.2, 0) is 6.54 Å². The Bertz CT molecular complexity index is 530. The van der Waals surface area contributed by atoms with Crippen molar-refractivity contribution in [3.63, 3.8) is 0 Å². The molecule has 1 aromatic heterocycles. The maximum atomic E-state index is 5.65. The average Bonchev–Trinajstić information content (AvgIpc) is 2.91. The number of nitrogens with zero attached hydrogens (tertiary/aromatic N) is 2. The number of aromatic nitrogens is 1. The number of anilines is 1. The maximum Gasteiger partial charge on any atom is 0.0935 e. The van der Waals surface area contributed by atoms with Gasteiger partial charge in [-0.15, -0.1) is 0 Å². The molecule has 0 bridgehead atoms. The van der Waals surface area contributed by atoms with Crippen molar-refractivity contribution in [1.29, 1.82) is 0 Å². The molecule has 0 atom stereocenters. The number of nitrogens with two attached hydrogens (primary N) is 1. The monoisotopic (exact) mass is 227 g/mol. The van der Waals surface area contributed by atoms with Crippen molar-refractivity contribution < 1.29 is 0 Å². The van der Waals surface area contributed by atoms with E-state index < -0.39 is 0 Å². The van der Waals surface area contributed by atoms with Crippen molar-refractivity contribution >= 4 is 16.6 Å². The summed E-state index contributed by atoms with van der Waals surface area (Å²) in [4.78, 5) is 7.00. The van der Waals surface area contributed by atoms with Crippen LogP contribution in [0.3, 0.4) is 0 Å². The SMILES string of the molecule is NCc1cnc2c(N3CCCC3)cccc2c1. The second-order valence-electron chi connectivity index (χ2n) is 4.59. The van der Waals surface area contributed by atoms with Gasteiger partial charge in [-0.3, -0.25) is 4.98 Å². The summed E-state index contributed by atoms with van der Waals surface area (Å²) < 4.78 is 0. The summed E-state index contributed by atoms with van der Waals surface area (Å²) in [5, 5.41) is 1.19. The lowest BCUT2D eigenvalue weighted by Crippen LogP contribution is -2.18. The van der Waals surface area contributed by atoms with E-state index in [1.807, 2.05) is 6.20 Å². The number of benzene rings is 1. The first-order valence-electron chi connectivity index (χ1n) is 6.21. The van der Waals surface area contributed by atoms with Crippen molar-refractivity contribution in [2.24, 2.45) is 5.73 Å². The van der Waals surface area contributed by atoms with Gasteiger partial charge >= 0.3 is 0 Å². The molecule has 0 aliphatic carbocycles. The van der Waals surface area contributed by atoms with Crippen LogP contribution in [0.4, 0.5) is 5.69 Å². The number of para-hydroxylation sites is 1. The van der Waals surface area contributed by atoms with E-state index in [9.17, 15) is 0 Å². The van der Waals surface area contributed by atoms with E-state index in [1.54, 1.807) is 0 Å². The van der Waals surface area contributed by atoms with Gasteiger partial charge < -0.3 is 10.6 Å². The molecule has 2 N–H and O–H groups in total. The smallest absolute Gasteiger partial charge is 0.0935 e. The number of hydrogen-bond acceptors (Lipinski definition) is 3. The van der Waals surface area contributed by atoms with Crippen LogP contribution in [0.15, 0.2) is 30.5 Å². The predicted octanol–water partition coefficient (Wildman–Crippen LogP) is 2.29. The summed E-state index contributed by atoms with van der Waals surface area (Å²) in [6.45, 7) is 2.86. The minimum Gasteiger partial charge on any atom is -0.370 e. The van der Waals surface area contributed by atoms with E-state index in [2.05, 4.69) is 34.1 Å². The molecule has 17 heavy (non-hydrogen) atoms. The Morgan fingerprint density at radius 3 is 2.82 bits per heavy atom. The molecule has 0 radical (unpaired) electrons. The molecule has 3 heteroatoms. The zero-order chi connectivity index (χ0) is 11.7. The molecule has 1 aliphatic rings. The van der Waals surface area contributed by atoms with E-state index in [1.165, 1.54) is 23.9 Å². The second kappa shape index (κ2) is 4.34. The van der Waals surface area contributed by atoms with E-state index in [0.717, 1.165) is 24.2 Å². The van der Waals surface area contributed by atoms with Crippen LogP contribution in [0.1, 0.15) is 18.4 Å². The van der Waals surface area contributed by atoms with Crippen molar-refractivity contribution in [3.05, 3.63) is 36.0 Å². The van der Waals surface area contributed by atoms with Crippen molar-refractivity contribution in [1.82, 2.24) is 4.98 Å². The van der Waals surface area contributed by atoms with Crippen molar-refractivity contribution in [3.8, 4) is 0 Å². The van der Waals surface area contributed by atoms with Gasteiger partial charge in [0.1, 0.15) is 0 Å². The van der Waals surface area contributed by atoms with E-state index in [-0.39, 0.29) is 0 Å². The minimum absolute atomic E-state index is 0.552. The lowest BCUT2D eigenvalue weighted by atomic mass is 10.1. The van der Waals surface area contributed by atoms with Gasteiger partial charge in [-0.25, -0.2) is 0 Å². The van der Waals surface area contributed by atoms with Gasteiger partial charge in [-0.05, 0) is 30.5 Å². The third kappa shape index (κ3) is 1.87. The molecule has 0 spiro atoms. The third-order valence-corrected chi connectivity index (χ3v) is 3.43. The number of rotatable bonds is 2. The fourth-order valence-corrected chi connectivity index (χ4v) is 2.52. The van der Waals surface area contributed by atoms with Crippen LogP contribution in [0, 0.1) is 0 Å². The summed E-state index contributed by atoms with van der Waals surface area (Å²) >= 11 is 0. The fourth-order valence-electron chi connectivity index (χ4n) is 2.52. The first-order chi connectivity index (χ1) is 8.38. The van der Waals surface area contributed by atoms with Gasteiger partial charge in [0, 0.05) is 31.2 Å². The highest BCUT2D eigenvalue weighted by Gasteiger charge is 2.15. The zero-order valence-corrected chi connectivity index (χ0v) is 9.89. The van der Waals surface area contributed by atoms with E-state index in [4.69, 9.17) is 5.73 Å². The Morgan fingerprint density at radius 2 is 2.06 bits per heavy atom. The Labute approximate surface area is 101 Å². The van der Waals surface area contributed by atoms with Crippen LogP contribution in [0.25, 0.3) is 10.9 Å². The summed E-state index contributed by atoms with van der Waals surface area (Å²) in [6.07, 6.45) is 4.47. The van der Waals surface area contributed by atoms with Crippen molar-refractivity contribution in [2.75, 3.05) is 18.0 Å². The third-order valence-electron chi connectivity index (χ3n) is 3.43. The largest absolute Gasteiger partial charge is 0.370 e. The Balaban J connectivity index is 2.12. The van der Waals surface area contributed by atoms with E-state index in [0.29, 0.717) is 6.54 Å². The molecular formula is C14H17N3. The minimum atomic E-state index is 0.552. The summed E-state index contributed by atoms with van der Waals surface area (Å²) in [6, 6.07) is 8.53. The standard InChI is InChI=1S/C14H17N3/c15-9-11-8-12-4-3-5-13(14(12)16-10-11)17-6-1-2-7-17/h3-5,8,10H,1-2,6-7,9,15H2. The molecule has 1 fully saturated rings. The summed E-state index contributed by atoms with van der Waals surface area (Å²) in [5.74, 6) is 0. The molecule has 3 rings (SSSR count). The van der Waals surface area contributed by atoms with E-state index >= 15 is 0 Å². The first-order valence-corrected chi connectivity index (χ1v) is 6.21. The lowest BCUT2D eigenvalue weighted by molar-refractivity contribution is 0.949. The molecule has 0 unspecified atom stereocenters. The molecule has 1 saturated heterocycles. The van der Waals surface area contributed by atoms with Gasteiger partial charge in [0.25, 0.3) is 0 Å². The van der Waals surface area contributed by atoms with Crippen molar-refractivity contribution in [2.45, 2.75) is 19.4 Å². The summed E-state index contributed by atoms with van der Waals surface area (Å²) in [7, 11) is 0. The fraction of sp³-hybridized carbons (Fsp3) is 0.357. The normalized spacial score (nSPS) is 15.7. The zero-order valence-electron chi connectivity index (χ0n) is 9.89. The lowest BCUT2D eigenvalue weighted by Gasteiger charge is -2.19.